The van der Waals surface area contributed by atoms with Gasteiger partial charge in [0.1, 0.15) is 11.9 Å². The Morgan fingerprint density at radius 3 is 2.15 bits per heavy atom. The third-order valence-corrected chi connectivity index (χ3v) is 3.19. The van der Waals surface area contributed by atoms with Gasteiger partial charge in [0.2, 0.25) is 9.70 Å². The van der Waals surface area contributed by atoms with Gasteiger partial charge in [0.15, 0.2) is 0 Å². The van der Waals surface area contributed by atoms with Gasteiger partial charge in [-0.25, -0.2) is 0 Å². The molecule has 0 aliphatic heterocycles. The molecule has 1 aromatic rings. The molecule has 20 heavy (non-hydrogen) atoms. The van der Waals surface area contributed by atoms with E-state index in [-0.39, 0.29) is 11.8 Å². The van der Waals surface area contributed by atoms with Gasteiger partial charge in [-0.3, -0.25) is 4.79 Å². The van der Waals surface area contributed by atoms with Crippen LogP contribution in [0.25, 0.3) is 0 Å². The van der Waals surface area contributed by atoms with Crippen LogP contribution >= 0.6 is 34.8 Å². The number of methoxy groups -OCH3 is 1. The maximum Gasteiger partial charge on any atom is 0.228 e. The third-order valence-electron chi connectivity index (χ3n) is 2.54. The van der Waals surface area contributed by atoms with Crippen molar-refractivity contribution in [3.8, 4) is 5.75 Å². The van der Waals surface area contributed by atoms with Crippen molar-refractivity contribution in [3.63, 3.8) is 0 Å². The van der Waals surface area contributed by atoms with Crippen molar-refractivity contribution in [2.24, 2.45) is 5.92 Å². The van der Waals surface area contributed by atoms with E-state index < -0.39 is 9.96 Å². The topological polar surface area (TPSA) is 50.4 Å². The fourth-order valence-corrected chi connectivity index (χ4v) is 1.69. The van der Waals surface area contributed by atoms with E-state index >= 15 is 0 Å². The van der Waals surface area contributed by atoms with Crippen molar-refractivity contribution >= 4 is 46.4 Å². The summed E-state index contributed by atoms with van der Waals surface area (Å²) in [6.45, 7) is 3.52. The first-order chi connectivity index (χ1) is 9.24. The van der Waals surface area contributed by atoms with Crippen LogP contribution in [0.15, 0.2) is 24.3 Å². The van der Waals surface area contributed by atoms with Gasteiger partial charge in [-0.15, -0.1) is 0 Å². The summed E-state index contributed by atoms with van der Waals surface area (Å²) in [5.41, 5.74) is 0.700. The summed E-state index contributed by atoms with van der Waals surface area (Å²) in [6.07, 6.45) is -0.837. The molecule has 0 saturated carbocycles. The van der Waals surface area contributed by atoms with Gasteiger partial charge >= 0.3 is 0 Å². The highest BCUT2D eigenvalue weighted by Gasteiger charge is 2.34. The van der Waals surface area contributed by atoms with E-state index in [1.54, 1.807) is 45.2 Å². The molecule has 0 radical (unpaired) electrons. The van der Waals surface area contributed by atoms with E-state index in [0.717, 1.165) is 0 Å². The number of rotatable bonds is 5. The first kappa shape index (κ1) is 17.2. The summed E-state index contributed by atoms with van der Waals surface area (Å²) >= 11 is 17.7. The predicted molar refractivity (Wildman–Crippen MR) is 83.7 cm³/mol. The number of hydrogen-bond acceptors (Lipinski definition) is 3. The van der Waals surface area contributed by atoms with Gasteiger partial charge < -0.3 is 15.4 Å². The molecule has 2 N–H and O–H groups in total. The Labute approximate surface area is 133 Å². The molecule has 0 unspecified atom stereocenters. The molecule has 0 spiro atoms. The molecule has 0 aromatic heterocycles. The maximum absolute atomic E-state index is 11.7. The van der Waals surface area contributed by atoms with Gasteiger partial charge in [0.25, 0.3) is 0 Å². The third kappa shape index (κ3) is 5.27. The molecule has 0 bridgehead atoms. The van der Waals surface area contributed by atoms with Gasteiger partial charge in [0, 0.05) is 11.6 Å². The van der Waals surface area contributed by atoms with E-state index in [4.69, 9.17) is 39.5 Å². The Hall–Kier alpha value is -0.840. The number of anilines is 1. The molecule has 7 heteroatoms. The first-order valence-corrected chi connectivity index (χ1v) is 7.15. The Bertz CT molecular complexity index is 444. The summed E-state index contributed by atoms with van der Waals surface area (Å²) in [5, 5.41) is 5.63. The molecule has 1 aromatic carbocycles. The molecular weight excluding hydrogens is 323 g/mol. The lowest BCUT2D eigenvalue weighted by Gasteiger charge is -2.28. The van der Waals surface area contributed by atoms with E-state index in [0.29, 0.717) is 11.4 Å². The summed E-state index contributed by atoms with van der Waals surface area (Å²) in [4.78, 5) is 11.7. The Balaban J connectivity index is 2.81. The van der Waals surface area contributed by atoms with Gasteiger partial charge in [-0.2, -0.15) is 0 Å². The van der Waals surface area contributed by atoms with Gasteiger partial charge in [-0.05, 0) is 24.3 Å². The van der Waals surface area contributed by atoms with Gasteiger partial charge in [0.05, 0.1) is 7.11 Å². The van der Waals surface area contributed by atoms with Crippen LogP contribution in [-0.4, -0.2) is 23.0 Å². The summed E-state index contributed by atoms with van der Waals surface area (Å²) < 4.78 is 3.39. The number of nitrogens with one attached hydrogen (secondary N) is 2. The van der Waals surface area contributed by atoms with Crippen LogP contribution in [0.5, 0.6) is 5.75 Å². The standard InChI is InChI=1S/C13H17Cl3N2O2/c1-8(2)11(19)18-12(13(14,15)16)17-9-4-6-10(20-3)7-5-9/h4-8,12,17H,1-3H3,(H,18,19)/t12-/m0/s1. The quantitative estimate of drug-likeness (QED) is 0.637. The normalized spacial score (nSPS) is 12.9. The molecule has 0 saturated heterocycles. The first-order valence-electron chi connectivity index (χ1n) is 6.01. The number of benzene rings is 1. The van der Waals surface area contributed by atoms with Crippen molar-refractivity contribution < 1.29 is 9.53 Å². The minimum Gasteiger partial charge on any atom is -0.497 e. The van der Waals surface area contributed by atoms with Crippen molar-refractivity contribution in [1.82, 2.24) is 5.32 Å². The molecule has 1 rings (SSSR count). The van der Waals surface area contributed by atoms with Crippen LogP contribution in [0.3, 0.4) is 0 Å². The summed E-state index contributed by atoms with van der Waals surface area (Å²) in [5.74, 6) is 0.303. The van der Waals surface area contributed by atoms with Crippen molar-refractivity contribution in [3.05, 3.63) is 24.3 Å². The molecule has 1 amide bonds. The van der Waals surface area contributed by atoms with Crippen LogP contribution in [0.1, 0.15) is 13.8 Å². The SMILES string of the molecule is COc1ccc(N[C@@H](NC(=O)C(C)C)C(Cl)(Cl)Cl)cc1. The van der Waals surface area contributed by atoms with Crippen molar-refractivity contribution in [2.75, 3.05) is 12.4 Å². The van der Waals surface area contributed by atoms with Crippen LogP contribution in [0, 0.1) is 5.92 Å². The van der Waals surface area contributed by atoms with E-state index in [1.165, 1.54) is 0 Å². The lowest BCUT2D eigenvalue weighted by molar-refractivity contribution is -0.124. The number of amides is 1. The van der Waals surface area contributed by atoms with Crippen molar-refractivity contribution in [1.29, 1.82) is 0 Å². The number of carbonyl (C=O) groups excluding carboxylic acids is 1. The average Bonchev–Trinajstić information content (AvgIpc) is 2.37. The maximum atomic E-state index is 11.7. The molecular formula is C13H17Cl3N2O2. The monoisotopic (exact) mass is 338 g/mol. The average molecular weight is 340 g/mol. The number of carbonyl (C=O) groups is 1. The Morgan fingerprint density at radius 1 is 1.20 bits per heavy atom. The lowest BCUT2D eigenvalue weighted by atomic mass is 10.2. The van der Waals surface area contributed by atoms with E-state index in [1.807, 2.05) is 0 Å². The van der Waals surface area contributed by atoms with Crippen LogP contribution in [0.4, 0.5) is 5.69 Å². The summed E-state index contributed by atoms with van der Waals surface area (Å²) in [7, 11) is 1.58. The van der Waals surface area contributed by atoms with Gasteiger partial charge in [-0.1, -0.05) is 48.7 Å². The fourth-order valence-electron chi connectivity index (χ4n) is 1.36. The van der Waals surface area contributed by atoms with Crippen LogP contribution < -0.4 is 15.4 Å². The van der Waals surface area contributed by atoms with Crippen LogP contribution in [0.2, 0.25) is 0 Å². The van der Waals surface area contributed by atoms with Crippen molar-refractivity contribution in [2.45, 2.75) is 23.8 Å². The number of ether oxygens (including phenoxy) is 1. The zero-order valence-electron chi connectivity index (χ0n) is 11.4. The zero-order valence-corrected chi connectivity index (χ0v) is 13.7. The minimum absolute atomic E-state index is 0.206. The second-order valence-corrected chi connectivity index (χ2v) is 6.88. The molecule has 0 aliphatic carbocycles. The highest BCUT2D eigenvalue weighted by atomic mass is 35.6. The zero-order chi connectivity index (χ0) is 15.3. The second-order valence-electron chi connectivity index (χ2n) is 4.51. The minimum atomic E-state index is -1.68. The highest BCUT2D eigenvalue weighted by molar-refractivity contribution is 6.68. The molecule has 1 atom stereocenters. The van der Waals surface area contributed by atoms with Crippen LogP contribution in [-0.2, 0) is 4.79 Å². The summed E-state index contributed by atoms with van der Waals surface area (Å²) in [6, 6.07) is 7.07. The lowest BCUT2D eigenvalue weighted by Crippen LogP contribution is -2.50. The number of hydrogen-bond donors (Lipinski definition) is 2. The largest absolute Gasteiger partial charge is 0.497 e. The van der Waals surface area contributed by atoms with E-state index in [2.05, 4.69) is 10.6 Å². The molecule has 4 nitrogen and oxygen atoms in total. The second kappa shape index (κ2) is 7.25. The number of halogens is 3. The fraction of sp³-hybridized carbons (Fsp3) is 0.462. The smallest absolute Gasteiger partial charge is 0.228 e. The highest BCUT2D eigenvalue weighted by Crippen LogP contribution is 2.31. The Kier molecular flexibility index (Phi) is 6.24. The molecule has 0 aliphatic rings. The molecule has 0 heterocycles. The van der Waals surface area contributed by atoms with E-state index in [9.17, 15) is 4.79 Å². The predicted octanol–water partition coefficient (Wildman–Crippen LogP) is 3.58. The molecule has 0 fully saturated rings. The number of alkyl halides is 3. The Morgan fingerprint density at radius 2 is 1.75 bits per heavy atom. The molecule has 112 valence electrons.